The third kappa shape index (κ3) is 3.30. The van der Waals surface area contributed by atoms with Crippen LogP contribution in [0.1, 0.15) is 35.1 Å². The zero-order valence-electron chi connectivity index (χ0n) is 16.2. The summed E-state index contributed by atoms with van der Waals surface area (Å²) in [4.78, 5) is 7.18. The van der Waals surface area contributed by atoms with E-state index >= 15 is 0 Å². The number of aliphatic hydroxyl groups excluding tert-OH is 1. The topological polar surface area (TPSA) is 93.6 Å². The van der Waals surface area contributed by atoms with E-state index in [0.29, 0.717) is 22.3 Å². The Labute approximate surface area is 167 Å². The van der Waals surface area contributed by atoms with Gasteiger partial charge in [-0.3, -0.25) is 0 Å². The predicted molar refractivity (Wildman–Crippen MR) is 105 cm³/mol. The van der Waals surface area contributed by atoms with Gasteiger partial charge in [0.05, 0.1) is 33.4 Å². The number of nitrogens with zero attached hydrogens (tertiary/aromatic N) is 3. The minimum Gasteiger partial charge on any atom is -0.493 e. The van der Waals surface area contributed by atoms with Crippen molar-refractivity contribution in [2.24, 2.45) is 0 Å². The summed E-state index contributed by atoms with van der Waals surface area (Å²) in [6, 6.07) is 5.74. The summed E-state index contributed by atoms with van der Waals surface area (Å²) in [5.41, 5.74) is 1.01. The largest absolute Gasteiger partial charge is 0.493 e. The lowest BCUT2D eigenvalue weighted by atomic mass is 9.99. The molecule has 0 radical (unpaired) electrons. The summed E-state index contributed by atoms with van der Waals surface area (Å²) in [5.74, 6) is 2.07. The molecule has 9 heteroatoms. The van der Waals surface area contributed by atoms with Crippen LogP contribution in [0.25, 0.3) is 4.96 Å². The van der Waals surface area contributed by atoms with Gasteiger partial charge >= 0.3 is 0 Å². The van der Waals surface area contributed by atoms with Gasteiger partial charge in [-0.05, 0) is 25.1 Å². The summed E-state index contributed by atoms with van der Waals surface area (Å²) in [7, 11) is 3.23. The number of likely N-dealkylation sites (tertiary alicyclic amines) is 1. The molecular weight excluding hydrogens is 380 g/mol. The van der Waals surface area contributed by atoms with Crippen molar-refractivity contribution in [1.82, 2.24) is 14.6 Å². The van der Waals surface area contributed by atoms with Crippen molar-refractivity contribution in [1.29, 1.82) is 0 Å². The number of aromatic hydroxyl groups is 1. The van der Waals surface area contributed by atoms with Crippen LogP contribution in [0.15, 0.2) is 18.2 Å². The number of nitrogens with one attached hydrogen (secondary N) is 1. The van der Waals surface area contributed by atoms with Crippen LogP contribution in [0.5, 0.6) is 17.4 Å². The van der Waals surface area contributed by atoms with Crippen molar-refractivity contribution in [3.8, 4) is 17.4 Å². The predicted octanol–water partition coefficient (Wildman–Crippen LogP) is 0.951. The molecule has 3 aromatic rings. The molecule has 1 aromatic carbocycles. The minimum absolute atomic E-state index is 0.110. The quantitative estimate of drug-likeness (QED) is 0.585. The van der Waals surface area contributed by atoms with E-state index in [-0.39, 0.29) is 18.0 Å². The van der Waals surface area contributed by atoms with Gasteiger partial charge in [-0.2, -0.15) is 4.52 Å². The van der Waals surface area contributed by atoms with Gasteiger partial charge in [-0.25, -0.2) is 4.98 Å². The maximum atomic E-state index is 10.9. The van der Waals surface area contributed by atoms with Crippen molar-refractivity contribution in [2.75, 3.05) is 27.3 Å². The molecule has 0 saturated carbocycles. The van der Waals surface area contributed by atoms with Crippen molar-refractivity contribution in [2.45, 2.75) is 31.9 Å². The molecule has 1 fully saturated rings. The first kappa shape index (κ1) is 19.0. The lowest BCUT2D eigenvalue weighted by Crippen LogP contribution is -3.13. The van der Waals surface area contributed by atoms with Crippen LogP contribution in [0, 0.1) is 6.92 Å². The maximum absolute atomic E-state index is 10.9. The van der Waals surface area contributed by atoms with Crippen LogP contribution in [0.2, 0.25) is 0 Å². The molecule has 3 N–H and O–H groups in total. The Bertz CT molecular complexity index is 978. The molecule has 0 bridgehead atoms. The van der Waals surface area contributed by atoms with E-state index < -0.39 is 0 Å². The Hall–Kier alpha value is -2.36. The zero-order chi connectivity index (χ0) is 19.8. The first-order valence-corrected chi connectivity index (χ1v) is 10.1. The standard InChI is InChI=1S/C19H24N4O4S/c1-11-20-19-23(21-11)18(25)17(28-19)16(22-8-6-13(24)7-9-22)12-4-5-14(26-2)15(10-12)27-3/h4-5,10,13,16,24-25H,6-9H2,1-3H3/p+1/t16-/m1/s1. The monoisotopic (exact) mass is 405 g/mol. The number of aliphatic hydroxyl groups is 1. The van der Waals surface area contributed by atoms with Crippen molar-refractivity contribution < 1.29 is 24.6 Å². The first-order valence-electron chi connectivity index (χ1n) is 9.31. The highest BCUT2D eigenvalue weighted by molar-refractivity contribution is 7.17. The van der Waals surface area contributed by atoms with Crippen LogP contribution >= 0.6 is 11.3 Å². The molecule has 0 unspecified atom stereocenters. The highest BCUT2D eigenvalue weighted by Gasteiger charge is 2.35. The summed E-state index contributed by atoms with van der Waals surface area (Å²) in [6.07, 6.45) is 1.22. The van der Waals surface area contributed by atoms with Gasteiger partial charge < -0.3 is 24.6 Å². The van der Waals surface area contributed by atoms with Crippen LogP contribution in [-0.2, 0) is 0 Å². The van der Waals surface area contributed by atoms with Crippen LogP contribution in [-0.4, -0.2) is 58.2 Å². The van der Waals surface area contributed by atoms with E-state index in [2.05, 4.69) is 10.1 Å². The molecule has 1 aliphatic rings. The Morgan fingerprint density at radius 1 is 1.21 bits per heavy atom. The second-order valence-electron chi connectivity index (χ2n) is 7.08. The van der Waals surface area contributed by atoms with Crippen LogP contribution < -0.4 is 14.4 Å². The number of benzene rings is 1. The van der Waals surface area contributed by atoms with Crippen molar-refractivity contribution >= 4 is 16.3 Å². The van der Waals surface area contributed by atoms with Gasteiger partial charge in [0, 0.05) is 18.4 Å². The highest BCUT2D eigenvalue weighted by Crippen LogP contribution is 2.38. The Balaban J connectivity index is 1.81. The van der Waals surface area contributed by atoms with E-state index in [1.165, 1.54) is 20.8 Å². The number of piperidine rings is 1. The fourth-order valence-electron chi connectivity index (χ4n) is 3.90. The minimum atomic E-state index is -0.256. The fraction of sp³-hybridized carbons (Fsp3) is 0.474. The first-order chi connectivity index (χ1) is 13.5. The van der Waals surface area contributed by atoms with Gasteiger partial charge in [-0.15, -0.1) is 5.10 Å². The number of fused-ring (bicyclic) bond motifs is 1. The molecule has 1 saturated heterocycles. The summed E-state index contributed by atoms with van der Waals surface area (Å²) in [6.45, 7) is 3.43. The number of hydrogen-bond acceptors (Lipinski definition) is 7. The third-order valence-corrected chi connectivity index (χ3v) is 6.40. The number of hydrogen-bond donors (Lipinski definition) is 3. The van der Waals surface area contributed by atoms with Gasteiger partial charge in [-0.1, -0.05) is 11.3 Å². The summed E-state index contributed by atoms with van der Waals surface area (Å²) in [5, 5.41) is 25.1. The normalized spacial score (nSPS) is 21.0. The van der Waals surface area contributed by atoms with E-state index in [9.17, 15) is 10.2 Å². The van der Waals surface area contributed by atoms with Crippen molar-refractivity contribution in [3.63, 3.8) is 0 Å². The Morgan fingerprint density at radius 2 is 1.93 bits per heavy atom. The number of quaternary nitrogens is 1. The number of methoxy groups -OCH3 is 2. The Kier molecular flexibility index (Phi) is 5.13. The summed E-state index contributed by atoms with van der Waals surface area (Å²) < 4.78 is 12.4. The molecular formula is C19H25N4O4S+. The molecule has 1 aliphatic heterocycles. The van der Waals surface area contributed by atoms with E-state index in [4.69, 9.17) is 9.47 Å². The van der Waals surface area contributed by atoms with Gasteiger partial charge in [0.25, 0.3) is 0 Å². The molecule has 0 spiro atoms. The SMILES string of the molecule is COc1ccc([C@H](c2sc3nc(C)nn3c2O)[NH+]2CCC(O)CC2)cc1OC. The van der Waals surface area contributed by atoms with E-state index in [1.807, 2.05) is 25.1 Å². The van der Waals surface area contributed by atoms with E-state index in [1.54, 1.807) is 14.2 Å². The van der Waals surface area contributed by atoms with Crippen LogP contribution in [0.4, 0.5) is 0 Å². The van der Waals surface area contributed by atoms with Gasteiger partial charge in [0.15, 0.2) is 17.5 Å². The molecule has 28 heavy (non-hydrogen) atoms. The fourth-order valence-corrected chi connectivity index (χ4v) is 5.09. The van der Waals surface area contributed by atoms with Gasteiger partial charge in [0.2, 0.25) is 10.8 Å². The van der Waals surface area contributed by atoms with Crippen molar-refractivity contribution in [3.05, 3.63) is 34.5 Å². The maximum Gasteiger partial charge on any atom is 0.235 e. The average Bonchev–Trinajstić information content (AvgIpc) is 3.21. The molecule has 150 valence electrons. The van der Waals surface area contributed by atoms with Crippen LogP contribution in [0.3, 0.4) is 0 Å². The third-order valence-electron chi connectivity index (χ3n) is 5.31. The molecule has 3 heterocycles. The second kappa shape index (κ2) is 7.57. The molecule has 8 nitrogen and oxygen atoms in total. The van der Waals surface area contributed by atoms with Gasteiger partial charge in [0.1, 0.15) is 10.7 Å². The number of aromatic nitrogens is 3. The smallest absolute Gasteiger partial charge is 0.235 e. The lowest BCUT2D eigenvalue weighted by molar-refractivity contribution is -0.931. The van der Waals surface area contributed by atoms with E-state index in [0.717, 1.165) is 36.4 Å². The summed E-state index contributed by atoms with van der Waals surface area (Å²) >= 11 is 1.45. The Morgan fingerprint density at radius 3 is 2.57 bits per heavy atom. The molecule has 2 aromatic heterocycles. The molecule has 0 amide bonds. The molecule has 1 atom stereocenters. The number of rotatable bonds is 5. The highest BCUT2D eigenvalue weighted by atomic mass is 32.1. The molecule has 4 rings (SSSR count). The lowest BCUT2D eigenvalue weighted by Gasteiger charge is -2.33. The second-order valence-corrected chi connectivity index (χ2v) is 8.09. The number of ether oxygens (including phenoxy) is 2. The zero-order valence-corrected chi connectivity index (χ0v) is 17.0. The average molecular weight is 406 g/mol. The molecule has 0 aliphatic carbocycles. The number of thiazole rings is 1. The number of aryl methyl sites for hydroxylation is 1.